The molecular weight excluding hydrogens is 142 g/mol. The Morgan fingerprint density at radius 2 is 2.36 bits per heavy atom. The summed E-state index contributed by atoms with van der Waals surface area (Å²) in [5.41, 5.74) is 4.82. The van der Waals surface area contributed by atoms with E-state index in [1.54, 1.807) is 6.08 Å². The fourth-order valence-electron chi connectivity index (χ4n) is 1.06. The maximum atomic E-state index is 10.5. The first-order valence-electron chi connectivity index (χ1n) is 3.72. The van der Waals surface area contributed by atoms with E-state index in [2.05, 4.69) is 6.58 Å². The lowest BCUT2D eigenvalue weighted by molar-refractivity contribution is -0.121. The largest absolute Gasteiger partial charge is 0.370 e. The summed E-state index contributed by atoms with van der Waals surface area (Å²) in [7, 11) is 0. The first-order chi connectivity index (χ1) is 5.18. The van der Waals surface area contributed by atoms with E-state index in [0.29, 0.717) is 13.0 Å². The molecule has 0 aromatic heterocycles. The predicted octanol–water partition coefficient (Wildman–Crippen LogP) is 0.597. The average molecular weight is 155 g/mol. The van der Waals surface area contributed by atoms with Crippen LogP contribution in [0.2, 0.25) is 0 Å². The SMILES string of the molecule is C=CCOC1(CC(N)=O)CC1. The van der Waals surface area contributed by atoms with Crippen LogP contribution in [-0.4, -0.2) is 18.1 Å². The molecule has 3 nitrogen and oxygen atoms in total. The van der Waals surface area contributed by atoms with E-state index in [4.69, 9.17) is 10.5 Å². The third kappa shape index (κ3) is 2.35. The van der Waals surface area contributed by atoms with Crippen LogP contribution in [0.15, 0.2) is 12.7 Å². The van der Waals surface area contributed by atoms with Gasteiger partial charge in [0.1, 0.15) is 0 Å². The highest BCUT2D eigenvalue weighted by molar-refractivity contribution is 5.75. The number of amides is 1. The number of nitrogens with two attached hydrogens (primary N) is 1. The van der Waals surface area contributed by atoms with E-state index in [1.807, 2.05) is 0 Å². The first kappa shape index (κ1) is 8.27. The first-order valence-corrected chi connectivity index (χ1v) is 3.72. The summed E-state index contributed by atoms with van der Waals surface area (Å²) in [5.74, 6) is -0.286. The molecule has 62 valence electrons. The minimum Gasteiger partial charge on any atom is -0.370 e. The molecule has 0 aromatic rings. The normalized spacial score (nSPS) is 19.3. The summed E-state index contributed by atoms with van der Waals surface area (Å²) in [6.07, 6.45) is 3.93. The molecule has 0 aliphatic heterocycles. The maximum absolute atomic E-state index is 10.5. The Kier molecular flexibility index (Phi) is 2.29. The van der Waals surface area contributed by atoms with Crippen molar-refractivity contribution < 1.29 is 9.53 Å². The van der Waals surface area contributed by atoms with Crippen molar-refractivity contribution in [3.05, 3.63) is 12.7 Å². The second-order valence-corrected chi connectivity index (χ2v) is 2.93. The summed E-state index contributed by atoms with van der Waals surface area (Å²) >= 11 is 0. The van der Waals surface area contributed by atoms with Gasteiger partial charge in [0.05, 0.1) is 18.6 Å². The van der Waals surface area contributed by atoms with Crippen LogP contribution in [0.3, 0.4) is 0 Å². The van der Waals surface area contributed by atoms with Crippen LogP contribution >= 0.6 is 0 Å². The van der Waals surface area contributed by atoms with Crippen LogP contribution in [0.25, 0.3) is 0 Å². The van der Waals surface area contributed by atoms with Crippen LogP contribution in [0, 0.1) is 0 Å². The molecule has 0 spiro atoms. The molecule has 1 saturated carbocycles. The minimum atomic E-state index is -0.286. The van der Waals surface area contributed by atoms with Crippen LogP contribution in [0.1, 0.15) is 19.3 Å². The topological polar surface area (TPSA) is 52.3 Å². The smallest absolute Gasteiger partial charge is 0.220 e. The number of ether oxygens (including phenoxy) is 1. The second-order valence-electron chi connectivity index (χ2n) is 2.93. The van der Waals surface area contributed by atoms with E-state index in [9.17, 15) is 4.79 Å². The number of rotatable bonds is 5. The Morgan fingerprint density at radius 1 is 1.73 bits per heavy atom. The Labute approximate surface area is 66.2 Å². The Balaban J connectivity index is 2.28. The van der Waals surface area contributed by atoms with Gasteiger partial charge in [-0.3, -0.25) is 4.79 Å². The van der Waals surface area contributed by atoms with Crippen LogP contribution in [0.4, 0.5) is 0 Å². The van der Waals surface area contributed by atoms with Crippen LogP contribution in [-0.2, 0) is 9.53 Å². The monoisotopic (exact) mass is 155 g/mol. The molecular formula is C8H13NO2. The molecule has 0 saturated heterocycles. The van der Waals surface area contributed by atoms with Gasteiger partial charge < -0.3 is 10.5 Å². The maximum Gasteiger partial charge on any atom is 0.220 e. The number of carbonyl (C=O) groups excluding carboxylic acids is 1. The molecule has 0 bridgehead atoms. The standard InChI is InChI=1S/C8H13NO2/c1-2-5-11-8(3-4-8)6-7(9)10/h2H,1,3-6H2,(H2,9,10). The van der Waals surface area contributed by atoms with Crippen molar-refractivity contribution in [2.24, 2.45) is 5.73 Å². The highest BCUT2D eigenvalue weighted by Gasteiger charge is 2.44. The number of primary amides is 1. The van der Waals surface area contributed by atoms with Crippen LogP contribution in [0.5, 0.6) is 0 Å². The lowest BCUT2D eigenvalue weighted by Crippen LogP contribution is -2.24. The van der Waals surface area contributed by atoms with Crippen LogP contribution < -0.4 is 5.73 Å². The van der Waals surface area contributed by atoms with Crippen molar-refractivity contribution >= 4 is 5.91 Å². The molecule has 1 aliphatic carbocycles. The Bertz CT molecular complexity index is 173. The van der Waals surface area contributed by atoms with Crippen molar-refractivity contribution in [2.45, 2.75) is 24.9 Å². The quantitative estimate of drug-likeness (QED) is 0.591. The highest BCUT2D eigenvalue weighted by atomic mass is 16.5. The minimum absolute atomic E-state index is 0.222. The molecule has 0 aromatic carbocycles. The van der Waals surface area contributed by atoms with Gasteiger partial charge in [-0.05, 0) is 12.8 Å². The number of hydrogen-bond donors (Lipinski definition) is 1. The van der Waals surface area contributed by atoms with Gasteiger partial charge in [-0.25, -0.2) is 0 Å². The van der Waals surface area contributed by atoms with Gasteiger partial charge in [-0.2, -0.15) is 0 Å². The fourth-order valence-corrected chi connectivity index (χ4v) is 1.06. The van der Waals surface area contributed by atoms with Crippen molar-refractivity contribution in [1.29, 1.82) is 0 Å². The molecule has 11 heavy (non-hydrogen) atoms. The molecule has 0 unspecified atom stereocenters. The summed E-state index contributed by atoms with van der Waals surface area (Å²) < 4.78 is 5.38. The van der Waals surface area contributed by atoms with E-state index in [0.717, 1.165) is 12.8 Å². The summed E-state index contributed by atoms with van der Waals surface area (Å²) in [6.45, 7) is 4.04. The lowest BCUT2D eigenvalue weighted by Gasteiger charge is -2.12. The van der Waals surface area contributed by atoms with E-state index in [-0.39, 0.29) is 11.5 Å². The Morgan fingerprint density at radius 3 is 2.73 bits per heavy atom. The van der Waals surface area contributed by atoms with Gasteiger partial charge >= 0.3 is 0 Å². The van der Waals surface area contributed by atoms with Crippen molar-refractivity contribution in [1.82, 2.24) is 0 Å². The molecule has 3 heteroatoms. The van der Waals surface area contributed by atoms with Gasteiger partial charge in [0.25, 0.3) is 0 Å². The van der Waals surface area contributed by atoms with Crippen molar-refractivity contribution in [3.8, 4) is 0 Å². The average Bonchev–Trinajstić information content (AvgIpc) is 2.64. The zero-order chi connectivity index (χ0) is 8.32. The molecule has 1 amide bonds. The molecule has 0 heterocycles. The zero-order valence-electron chi connectivity index (χ0n) is 6.51. The molecule has 0 radical (unpaired) electrons. The third-order valence-corrected chi connectivity index (χ3v) is 1.81. The third-order valence-electron chi connectivity index (χ3n) is 1.81. The fraction of sp³-hybridized carbons (Fsp3) is 0.625. The lowest BCUT2D eigenvalue weighted by atomic mass is 10.2. The van der Waals surface area contributed by atoms with Gasteiger partial charge in [0.15, 0.2) is 0 Å². The van der Waals surface area contributed by atoms with E-state index in [1.165, 1.54) is 0 Å². The van der Waals surface area contributed by atoms with Gasteiger partial charge in [-0.1, -0.05) is 6.08 Å². The van der Waals surface area contributed by atoms with Gasteiger partial charge in [-0.15, -0.1) is 6.58 Å². The van der Waals surface area contributed by atoms with E-state index < -0.39 is 0 Å². The molecule has 1 fully saturated rings. The van der Waals surface area contributed by atoms with Crippen molar-refractivity contribution in [3.63, 3.8) is 0 Å². The summed E-state index contributed by atoms with van der Waals surface area (Å²) in [6, 6.07) is 0. The molecule has 2 N–H and O–H groups in total. The van der Waals surface area contributed by atoms with Gasteiger partial charge in [0.2, 0.25) is 5.91 Å². The summed E-state index contributed by atoms with van der Waals surface area (Å²) in [4.78, 5) is 10.5. The molecule has 1 aliphatic rings. The number of hydrogen-bond acceptors (Lipinski definition) is 2. The Hall–Kier alpha value is -0.830. The highest BCUT2D eigenvalue weighted by Crippen LogP contribution is 2.42. The molecule has 1 rings (SSSR count). The van der Waals surface area contributed by atoms with Crippen molar-refractivity contribution in [2.75, 3.05) is 6.61 Å². The van der Waals surface area contributed by atoms with Gasteiger partial charge in [0, 0.05) is 0 Å². The zero-order valence-corrected chi connectivity index (χ0v) is 6.51. The van der Waals surface area contributed by atoms with E-state index >= 15 is 0 Å². The predicted molar refractivity (Wildman–Crippen MR) is 41.9 cm³/mol. The summed E-state index contributed by atoms with van der Waals surface area (Å²) in [5, 5.41) is 0. The molecule has 0 atom stereocenters. The second kappa shape index (κ2) is 3.05. The number of carbonyl (C=O) groups is 1.